The van der Waals surface area contributed by atoms with Crippen LogP contribution in [0.4, 0.5) is 0 Å². The van der Waals surface area contributed by atoms with Crippen LogP contribution in [0.2, 0.25) is 0 Å². The first kappa shape index (κ1) is 8.12. The summed E-state index contributed by atoms with van der Waals surface area (Å²) in [5.41, 5.74) is 1.06. The zero-order chi connectivity index (χ0) is 9.26. The molecule has 4 nitrogen and oxygen atoms in total. The Labute approximate surface area is 78.8 Å². The average molecular weight is 193 g/mol. The molecule has 0 aliphatic carbocycles. The van der Waals surface area contributed by atoms with E-state index in [-0.39, 0.29) is 5.78 Å². The Balaban J connectivity index is 2.33. The number of ketones is 1. The third-order valence-corrected chi connectivity index (χ3v) is 2.30. The van der Waals surface area contributed by atoms with E-state index in [2.05, 4.69) is 10.2 Å². The third-order valence-electron chi connectivity index (χ3n) is 1.62. The van der Waals surface area contributed by atoms with Gasteiger partial charge in [-0.25, -0.2) is 0 Å². The molecule has 0 spiro atoms. The van der Waals surface area contributed by atoms with Gasteiger partial charge in [-0.2, -0.15) is 26.3 Å². The van der Waals surface area contributed by atoms with Gasteiger partial charge in [0.05, 0.1) is 6.20 Å². The van der Waals surface area contributed by atoms with E-state index in [1.165, 1.54) is 22.3 Å². The molecule has 0 aliphatic heterocycles. The molecule has 0 radical (unpaired) electrons. The number of carbonyl (C=O) groups is 1. The molecule has 0 bridgehead atoms. The predicted molar refractivity (Wildman–Crippen MR) is 48.8 cm³/mol. The monoisotopic (exact) mass is 193 g/mol. The molecule has 0 saturated heterocycles. The molecule has 0 N–H and O–H groups in total. The molecule has 2 heterocycles. The van der Waals surface area contributed by atoms with Crippen LogP contribution in [0, 0.1) is 0 Å². The van der Waals surface area contributed by atoms with Crippen LogP contribution in [-0.4, -0.2) is 20.8 Å². The van der Waals surface area contributed by atoms with Crippen LogP contribution in [-0.2, 0) is 7.05 Å². The van der Waals surface area contributed by atoms with E-state index in [1.807, 2.05) is 5.38 Å². The van der Waals surface area contributed by atoms with Crippen LogP contribution in [0.1, 0.15) is 16.1 Å². The largest absolute Gasteiger partial charge is 0.287 e. The van der Waals surface area contributed by atoms with Gasteiger partial charge in [0.2, 0.25) is 5.78 Å². The zero-order valence-electron chi connectivity index (χ0n) is 6.97. The standard InChI is InChI=1S/C8H7N3OS/c1-11-9-4-7(10-11)8(12)6-2-3-13-5-6/h2-5H,1H3. The molecule has 0 atom stereocenters. The van der Waals surface area contributed by atoms with Crippen LogP contribution in [0.5, 0.6) is 0 Å². The van der Waals surface area contributed by atoms with Gasteiger partial charge in [-0.15, -0.1) is 0 Å². The smallest absolute Gasteiger partial charge is 0.215 e. The second-order valence-electron chi connectivity index (χ2n) is 2.56. The maximum absolute atomic E-state index is 11.6. The Morgan fingerprint density at radius 2 is 2.46 bits per heavy atom. The first-order valence-corrected chi connectivity index (χ1v) is 4.65. The molecule has 0 amide bonds. The minimum absolute atomic E-state index is 0.0747. The maximum atomic E-state index is 11.6. The lowest BCUT2D eigenvalue weighted by Crippen LogP contribution is -2.01. The van der Waals surface area contributed by atoms with E-state index in [1.54, 1.807) is 18.5 Å². The maximum Gasteiger partial charge on any atom is 0.215 e. The Morgan fingerprint density at radius 3 is 3.00 bits per heavy atom. The summed E-state index contributed by atoms with van der Waals surface area (Å²) in [7, 11) is 1.68. The fourth-order valence-corrected chi connectivity index (χ4v) is 1.63. The molecule has 66 valence electrons. The number of carbonyl (C=O) groups excluding carboxylic acids is 1. The lowest BCUT2D eigenvalue weighted by molar-refractivity contribution is 0.103. The van der Waals surface area contributed by atoms with Crippen molar-refractivity contribution in [2.75, 3.05) is 0 Å². The highest BCUT2D eigenvalue weighted by atomic mass is 32.1. The van der Waals surface area contributed by atoms with Crippen molar-refractivity contribution in [3.8, 4) is 0 Å². The molecule has 5 heteroatoms. The number of rotatable bonds is 2. The van der Waals surface area contributed by atoms with Gasteiger partial charge in [0, 0.05) is 18.0 Å². The normalized spacial score (nSPS) is 10.2. The summed E-state index contributed by atoms with van der Waals surface area (Å²) in [4.78, 5) is 13.0. The molecule has 13 heavy (non-hydrogen) atoms. The van der Waals surface area contributed by atoms with Crippen LogP contribution >= 0.6 is 11.3 Å². The number of hydrogen-bond donors (Lipinski definition) is 0. The molecule has 0 fully saturated rings. The van der Waals surface area contributed by atoms with E-state index in [0.717, 1.165) is 0 Å². The molecule has 2 rings (SSSR count). The minimum atomic E-state index is -0.0747. The van der Waals surface area contributed by atoms with Crippen molar-refractivity contribution < 1.29 is 4.79 Å². The average Bonchev–Trinajstić information content (AvgIpc) is 2.72. The van der Waals surface area contributed by atoms with Crippen molar-refractivity contribution in [3.63, 3.8) is 0 Å². The lowest BCUT2D eigenvalue weighted by atomic mass is 10.2. The summed E-state index contributed by atoms with van der Waals surface area (Å²) in [5, 5.41) is 11.4. The van der Waals surface area contributed by atoms with Gasteiger partial charge >= 0.3 is 0 Å². The summed E-state index contributed by atoms with van der Waals surface area (Å²) in [6, 6.07) is 1.78. The Morgan fingerprint density at radius 1 is 1.62 bits per heavy atom. The number of aromatic nitrogens is 3. The molecule has 0 aliphatic rings. The van der Waals surface area contributed by atoms with Crippen LogP contribution < -0.4 is 0 Å². The van der Waals surface area contributed by atoms with E-state index in [0.29, 0.717) is 11.3 Å². The Hall–Kier alpha value is -1.49. The van der Waals surface area contributed by atoms with Gasteiger partial charge in [-0.1, -0.05) is 0 Å². The molecular formula is C8H7N3OS. The van der Waals surface area contributed by atoms with Gasteiger partial charge in [-0.3, -0.25) is 4.79 Å². The first-order chi connectivity index (χ1) is 6.27. The minimum Gasteiger partial charge on any atom is -0.287 e. The number of hydrogen-bond acceptors (Lipinski definition) is 4. The van der Waals surface area contributed by atoms with Gasteiger partial charge in [0.25, 0.3) is 0 Å². The Bertz CT molecular complexity index is 418. The molecule has 0 saturated carbocycles. The van der Waals surface area contributed by atoms with Crippen molar-refractivity contribution in [3.05, 3.63) is 34.3 Å². The summed E-state index contributed by atoms with van der Waals surface area (Å²) in [6.45, 7) is 0. The summed E-state index contributed by atoms with van der Waals surface area (Å²) in [6.07, 6.45) is 1.47. The van der Waals surface area contributed by atoms with Gasteiger partial charge in [0.1, 0.15) is 0 Å². The zero-order valence-corrected chi connectivity index (χ0v) is 7.78. The molecule has 0 unspecified atom stereocenters. The van der Waals surface area contributed by atoms with E-state index < -0.39 is 0 Å². The van der Waals surface area contributed by atoms with E-state index in [9.17, 15) is 4.79 Å². The summed E-state index contributed by atoms with van der Waals surface area (Å²) >= 11 is 1.49. The van der Waals surface area contributed by atoms with E-state index in [4.69, 9.17) is 0 Å². The Kier molecular flexibility index (Phi) is 1.94. The number of thiophene rings is 1. The molecule has 0 aromatic carbocycles. The third kappa shape index (κ3) is 1.50. The molecule has 2 aromatic heterocycles. The van der Waals surface area contributed by atoms with Crippen LogP contribution in [0.25, 0.3) is 0 Å². The second kappa shape index (κ2) is 3.10. The highest BCUT2D eigenvalue weighted by molar-refractivity contribution is 7.08. The summed E-state index contributed by atoms with van der Waals surface area (Å²) < 4.78 is 0. The van der Waals surface area contributed by atoms with Crippen molar-refractivity contribution in [1.29, 1.82) is 0 Å². The van der Waals surface area contributed by atoms with E-state index >= 15 is 0 Å². The van der Waals surface area contributed by atoms with Crippen molar-refractivity contribution in [1.82, 2.24) is 15.0 Å². The van der Waals surface area contributed by atoms with Crippen LogP contribution in [0.3, 0.4) is 0 Å². The van der Waals surface area contributed by atoms with Crippen molar-refractivity contribution in [2.45, 2.75) is 0 Å². The van der Waals surface area contributed by atoms with Gasteiger partial charge < -0.3 is 0 Å². The van der Waals surface area contributed by atoms with Crippen molar-refractivity contribution in [2.24, 2.45) is 7.05 Å². The first-order valence-electron chi connectivity index (χ1n) is 3.70. The predicted octanol–water partition coefficient (Wildman–Crippen LogP) is 1.11. The van der Waals surface area contributed by atoms with Gasteiger partial charge in [-0.05, 0) is 11.4 Å². The highest BCUT2D eigenvalue weighted by Gasteiger charge is 2.12. The lowest BCUT2D eigenvalue weighted by Gasteiger charge is -1.89. The SMILES string of the molecule is Cn1ncc(C(=O)c2ccsc2)n1. The highest BCUT2D eigenvalue weighted by Crippen LogP contribution is 2.10. The molecular weight excluding hydrogens is 186 g/mol. The fraction of sp³-hybridized carbons (Fsp3) is 0.125. The molecule has 2 aromatic rings. The topological polar surface area (TPSA) is 47.8 Å². The number of aryl methyl sites for hydroxylation is 1. The van der Waals surface area contributed by atoms with Gasteiger partial charge in [0.15, 0.2) is 5.69 Å². The summed E-state index contributed by atoms with van der Waals surface area (Å²) in [5.74, 6) is -0.0747. The quantitative estimate of drug-likeness (QED) is 0.671. The second-order valence-corrected chi connectivity index (χ2v) is 3.34. The van der Waals surface area contributed by atoms with Crippen LogP contribution in [0.15, 0.2) is 23.0 Å². The fourth-order valence-electron chi connectivity index (χ4n) is 0.991. The number of nitrogens with zero attached hydrogens (tertiary/aromatic N) is 3. The van der Waals surface area contributed by atoms with Crippen molar-refractivity contribution >= 4 is 17.1 Å².